The second-order valence-electron chi connectivity index (χ2n) is 6.91. The molecule has 8 heteroatoms. The van der Waals surface area contributed by atoms with Gasteiger partial charge in [0.25, 0.3) is 0 Å². The van der Waals surface area contributed by atoms with E-state index in [1.54, 1.807) is 5.01 Å². The van der Waals surface area contributed by atoms with Gasteiger partial charge < -0.3 is 10.1 Å². The van der Waals surface area contributed by atoms with E-state index in [-0.39, 0.29) is 18.2 Å². The molecule has 4 rings (SSSR count). The summed E-state index contributed by atoms with van der Waals surface area (Å²) in [4.78, 5) is 38.3. The number of hydrogen-bond donors (Lipinski definition) is 2. The molecule has 0 saturated carbocycles. The highest BCUT2D eigenvalue weighted by atomic mass is 32.1. The Hall–Kier alpha value is -2.71. The molecule has 1 aliphatic heterocycles. The molecule has 28 heavy (non-hydrogen) atoms. The molecule has 1 fully saturated rings. The molecule has 1 aliphatic carbocycles. The van der Waals surface area contributed by atoms with Crippen LogP contribution >= 0.6 is 11.3 Å². The summed E-state index contributed by atoms with van der Waals surface area (Å²) in [5, 5.41) is 5.04. The number of nitrogens with one attached hydrogen (secondary N) is 2. The third kappa shape index (κ3) is 3.53. The largest absolute Gasteiger partial charge is 0.465 e. The molecule has 1 unspecified atom stereocenters. The zero-order chi connectivity index (χ0) is 19.7. The predicted molar refractivity (Wildman–Crippen MR) is 105 cm³/mol. The molecule has 1 aromatic heterocycles. The van der Waals surface area contributed by atoms with Crippen LogP contribution in [0.5, 0.6) is 0 Å². The molecule has 2 N–H and O–H groups in total. The lowest BCUT2D eigenvalue weighted by molar-refractivity contribution is -0.121. The van der Waals surface area contributed by atoms with Crippen molar-refractivity contribution in [3.05, 3.63) is 51.9 Å². The van der Waals surface area contributed by atoms with E-state index in [4.69, 9.17) is 4.74 Å². The number of amides is 2. The third-order valence-electron chi connectivity index (χ3n) is 5.07. The summed E-state index contributed by atoms with van der Waals surface area (Å²) in [5.41, 5.74) is 5.18. The molecule has 2 amide bonds. The minimum Gasteiger partial charge on any atom is -0.465 e. The number of rotatable bonds is 5. The number of hydrogen-bond acceptors (Lipinski definition) is 6. The highest BCUT2D eigenvalue weighted by Gasteiger charge is 2.37. The molecule has 146 valence electrons. The van der Waals surface area contributed by atoms with Crippen LogP contribution in [-0.2, 0) is 33.7 Å². The Morgan fingerprint density at radius 3 is 2.82 bits per heavy atom. The van der Waals surface area contributed by atoms with Gasteiger partial charge in [0.1, 0.15) is 11.0 Å². The monoisotopic (exact) mass is 399 g/mol. The topological polar surface area (TPSA) is 87.7 Å². The van der Waals surface area contributed by atoms with E-state index in [0.717, 1.165) is 35.3 Å². The van der Waals surface area contributed by atoms with Gasteiger partial charge in [0.2, 0.25) is 11.8 Å². The number of benzene rings is 1. The van der Waals surface area contributed by atoms with Crippen molar-refractivity contribution in [2.75, 3.05) is 12.4 Å². The summed E-state index contributed by atoms with van der Waals surface area (Å²) in [5.74, 6) is -0.936. The molecular formula is C20H21N3O4S. The van der Waals surface area contributed by atoms with Gasteiger partial charge in [-0.2, -0.15) is 0 Å². The van der Waals surface area contributed by atoms with Crippen molar-refractivity contribution in [1.82, 2.24) is 10.4 Å². The van der Waals surface area contributed by atoms with Crippen molar-refractivity contribution >= 4 is 34.1 Å². The Morgan fingerprint density at radius 1 is 1.29 bits per heavy atom. The normalized spacial score (nSPS) is 18.6. The van der Waals surface area contributed by atoms with Crippen molar-refractivity contribution in [1.29, 1.82) is 0 Å². The Labute approximate surface area is 166 Å². The van der Waals surface area contributed by atoms with Crippen molar-refractivity contribution < 1.29 is 19.1 Å². The van der Waals surface area contributed by atoms with Crippen LogP contribution in [0.4, 0.5) is 5.00 Å². The quantitative estimate of drug-likeness (QED) is 0.753. The van der Waals surface area contributed by atoms with Gasteiger partial charge in [-0.25, -0.2) is 9.80 Å². The van der Waals surface area contributed by atoms with Crippen LogP contribution in [-0.4, -0.2) is 35.9 Å². The summed E-state index contributed by atoms with van der Waals surface area (Å²) in [7, 11) is 1.34. The lowest BCUT2D eigenvalue weighted by Gasteiger charge is -2.22. The lowest BCUT2D eigenvalue weighted by Crippen LogP contribution is -2.43. The molecular weight excluding hydrogens is 378 g/mol. The van der Waals surface area contributed by atoms with Crippen LogP contribution < -0.4 is 10.7 Å². The molecule has 7 nitrogen and oxygen atoms in total. The number of ether oxygens (including phenoxy) is 1. The third-order valence-corrected chi connectivity index (χ3v) is 6.28. The van der Waals surface area contributed by atoms with Gasteiger partial charge >= 0.3 is 5.97 Å². The first-order valence-electron chi connectivity index (χ1n) is 9.20. The Balaban J connectivity index is 1.54. The first kappa shape index (κ1) is 18.6. The van der Waals surface area contributed by atoms with E-state index in [1.165, 1.54) is 18.4 Å². The van der Waals surface area contributed by atoms with Crippen LogP contribution in [0.1, 0.15) is 39.2 Å². The number of carbonyl (C=O) groups is 3. The zero-order valence-corrected chi connectivity index (χ0v) is 16.3. The van der Waals surface area contributed by atoms with Crippen molar-refractivity contribution in [2.24, 2.45) is 0 Å². The standard InChI is InChI=1S/C20H21N3O4S/c1-27-20(26)17-13-8-5-9-15(13)28-19(17)21-18(25)14-10-16(24)22-23(14)11-12-6-3-2-4-7-12/h2-4,6-7,14H,5,8-11H2,1H3,(H,21,25)(H,22,24). The number of anilines is 1. The van der Waals surface area contributed by atoms with Gasteiger partial charge in [-0.1, -0.05) is 30.3 Å². The molecule has 1 saturated heterocycles. The fourth-order valence-corrected chi connectivity index (χ4v) is 5.02. The predicted octanol–water partition coefficient (Wildman–Crippen LogP) is 2.27. The molecule has 0 radical (unpaired) electrons. The van der Waals surface area contributed by atoms with Crippen LogP contribution in [0.15, 0.2) is 30.3 Å². The highest BCUT2D eigenvalue weighted by Crippen LogP contribution is 2.39. The fraction of sp³-hybridized carbons (Fsp3) is 0.350. The summed E-state index contributed by atoms with van der Waals surface area (Å²) >= 11 is 1.43. The molecule has 1 aromatic carbocycles. The Bertz CT molecular complexity index is 925. The van der Waals surface area contributed by atoms with Gasteiger partial charge in [-0.05, 0) is 30.4 Å². The number of nitrogens with zero attached hydrogens (tertiary/aromatic N) is 1. The van der Waals surface area contributed by atoms with E-state index in [9.17, 15) is 14.4 Å². The first-order valence-corrected chi connectivity index (χ1v) is 10.0. The fourth-order valence-electron chi connectivity index (χ4n) is 3.74. The first-order chi connectivity index (χ1) is 13.6. The number of methoxy groups -OCH3 is 1. The van der Waals surface area contributed by atoms with Gasteiger partial charge in [-0.15, -0.1) is 11.3 Å². The van der Waals surface area contributed by atoms with Crippen molar-refractivity contribution in [3.63, 3.8) is 0 Å². The minimum absolute atomic E-state index is 0.0807. The van der Waals surface area contributed by atoms with Gasteiger partial charge in [-0.3, -0.25) is 15.0 Å². The Morgan fingerprint density at radius 2 is 2.07 bits per heavy atom. The average molecular weight is 399 g/mol. The number of esters is 1. The van der Waals surface area contributed by atoms with Crippen LogP contribution in [0, 0.1) is 0 Å². The van der Waals surface area contributed by atoms with E-state index >= 15 is 0 Å². The molecule has 0 bridgehead atoms. The second-order valence-corrected chi connectivity index (χ2v) is 8.02. The van der Waals surface area contributed by atoms with Gasteiger partial charge in [0, 0.05) is 11.4 Å². The summed E-state index contributed by atoms with van der Waals surface area (Å²) < 4.78 is 4.92. The van der Waals surface area contributed by atoms with Crippen LogP contribution in [0.2, 0.25) is 0 Å². The summed E-state index contributed by atoms with van der Waals surface area (Å²) in [6, 6.07) is 8.99. The van der Waals surface area contributed by atoms with Crippen LogP contribution in [0.25, 0.3) is 0 Å². The average Bonchev–Trinajstić information content (AvgIpc) is 3.36. The van der Waals surface area contributed by atoms with E-state index in [0.29, 0.717) is 17.1 Å². The van der Waals surface area contributed by atoms with Gasteiger partial charge in [0.05, 0.1) is 19.1 Å². The smallest absolute Gasteiger partial charge is 0.341 e. The number of thiophene rings is 1. The van der Waals surface area contributed by atoms with E-state index in [1.807, 2.05) is 30.3 Å². The minimum atomic E-state index is -0.643. The maximum Gasteiger partial charge on any atom is 0.341 e. The van der Waals surface area contributed by atoms with Crippen molar-refractivity contribution in [2.45, 2.75) is 38.3 Å². The maximum absolute atomic E-state index is 13.0. The molecule has 2 heterocycles. The number of hydrazine groups is 1. The lowest BCUT2D eigenvalue weighted by atomic mass is 10.1. The van der Waals surface area contributed by atoms with E-state index in [2.05, 4.69) is 10.7 Å². The zero-order valence-electron chi connectivity index (χ0n) is 15.5. The Kier molecular flexibility index (Phi) is 5.15. The number of aryl methyl sites for hydroxylation is 1. The van der Waals surface area contributed by atoms with Crippen LogP contribution in [0.3, 0.4) is 0 Å². The van der Waals surface area contributed by atoms with E-state index < -0.39 is 12.0 Å². The highest BCUT2D eigenvalue weighted by molar-refractivity contribution is 7.17. The maximum atomic E-state index is 13.0. The molecule has 1 atom stereocenters. The second kappa shape index (κ2) is 7.73. The number of fused-ring (bicyclic) bond motifs is 1. The SMILES string of the molecule is COC(=O)c1c(NC(=O)C2CC(=O)NN2Cc2ccccc2)sc2c1CCC2. The summed E-state index contributed by atoms with van der Waals surface area (Å²) in [6.45, 7) is 0.426. The van der Waals surface area contributed by atoms with Crippen molar-refractivity contribution in [3.8, 4) is 0 Å². The van der Waals surface area contributed by atoms with Gasteiger partial charge in [0.15, 0.2) is 0 Å². The summed E-state index contributed by atoms with van der Waals surface area (Å²) in [6.07, 6.45) is 2.81. The number of carbonyl (C=O) groups excluding carboxylic acids is 3. The molecule has 2 aromatic rings. The molecule has 2 aliphatic rings. The molecule has 0 spiro atoms.